The molecule has 0 bridgehead atoms. The van der Waals surface area contributed by atoms with Gasteiger partial charge in [-0.05, 0) is 25.3 Å². The summed E-state index contributed by atoms with van der Waals surface area (Å²) < 4.78 is 24.8. The molecular formula is C9H10F2S. The van der Waals surface area contributed by atoms with Gasteiger partial charge in [0.15, 0.2) is 0 Å². The van der Waals surface area contributed by atoms with Crippen molar-refractivity contribution in [3.8, 4) is 0 Å². The summed E-state index contributed by atoms with van der Waals surface area (Å²) in [6, 6.07) is 5.12. The summed E-state index contributed by atoms with van der Waals surface area (Å²) in [6.07, 6.45) is -0.566. The number of aryl methyl sites for hydroxylation is 1. The fourth-order valence-corrected chi connectivity index (χ4v) is 1.61. The van der Waals surface area contributed by atoms with Crippen molar-refractivity contribution < 1.29 is 8.78 Å². The Balaban J connectivity index is 3.12. The first-order valence-electron chi connectivity index (χ1n) is 3.58. The third-order valence-electron chi connectivity index (χ3n) is 1.62. The zero-order valence-electron chi connectivity index (χ0n) is 6.97. The average molecular weight is 188 g/mol. The van der Waals surface area contributed by atoms with Crippen molar-refractivity contribution in [1.82, 2.24) is 0 Å². The molecular weight excluding hydrogens is 178 g/mol. The minimum absolute atomic E-state index is 0.141. The van der Waals surface area contributed by atoms with Crippen molar-refractivity contribution in [2.45, 2.75) is 18.2 Å². The van der Waals surface area contributed by atoms with Gasteiger partial charge in [-0.25, -0.2) is 8.78 Å². The highest BCUT2D eigenvalue weighted by atomic mass is 32.2. The van der Waals surface area contributed by atoms with Gasteiger partial charge in [0.2, 0.25) is 0 Å². The Kier molecular flexibility index (Phi) is 3.09. The standard InChI is InChI=1S/C9H10F2S/c1-6-3-4-8(12-2)7(5-6)9(10)11/h3-5,9H,1-2H3. The van der Waals surface area contributed by atoms with Crippen LogP contribution >= 0.6 is 11.8 Å². The second-order valence-electron chi connectivity index (χ2n) is 2.55. The maximum Gasteiger partial charge on any atom is 0.264 e. The van der Waals surface area contributed by atoms with Gasteiger partial charge in [0, 0.05) is 10.5 Å². The molecule has 0 fully saturated rings. The van der Waals surface area contributed by atoms with Gasteiger partial charge in [-0.15, -0.1) is 11.8 Å². The molecule has 0 aliphatic heterocycles. The van der Waals surface area contributed by atoms with E-state index in [4.69, 9.17) is 0 Å². The molecule has 66 valence electrons. The molecule has 0 aromatic heterocycles. The molecule has 0 spiro atoms. The van der Waals surface area contributed by atoms with Crippen LogP contribution in [0.25, 0.3) is 0 Å². The van der Waals surface area contributed by atoms with Gasteiger partial charge in [0.25, 0.3) is 6.43 Å². The third kappa shape index (κ3) is 1.97. The molecule has 1 aromatic rings. The van der Waals surface area contributed by atoms with E-state index in [1.807, 2.05) is 13.0 Å². The van der Waals surface area contributed by atoms with Crippen LogP contribution in [0.1, 0.15) is 17.6 Å². The minimum atomic E-state index is -2.37. The molecule has 0 heterocycles. The molecule has 1 aromatic carbocycles. The number of benzene rings is 1. The Morgan fingerprint density at radius 3 is 2.50 bits per heavy atom. The fraction of sp³-hybridized carbons (Fsp3) is 0.333. The Hall–Kier alpha value is -0.570. The van der Waals surface area contributed by atoms with Crippen molar-refractivity contribution >= 4 is 11.8 Å². The molecule has 0 aliphatic carbocycles. The van der Waals surface area contributed by atoms with Crippen molar-refractivity contribution in [3.63, 3.8) is 0 Å². The zero-order valence-corrected chi connectivity index (χ0v) is 7.79. The molecule has 0 nitrogen and oxygen atoms in total. The van der Waals surface area contributed by atoms with Crippen LogP contribution in [0.5, 0.6) is 0 Å². The molecule has 1 rings (SSSR count). The summed E-state index contributed by atoms with van der Waals surface area (Å²) in [5.41, 5.74) is 1.02. The van der Waals surface area contributed by atoms with Crippen molar-refractivity contribution in [2.75, 3.05) is 6.26 Å². The van der Waals surface area contributed by atoms with Crippen LogP contribution in [0.2, 0.25) is 0 Å². The van der Waals surface area contributed by atoms with Crippen LogP contribution in [0.3, 0.4) is 0 Å². The summed E-state index contributed by atoms with van der Waals surface area (Å²) in [6.45, 7) is 1.82. The number of hydrogen-bond donors (Lipinski definition) is 0. The van der Waals surface area contributed by atoms with Crippen LogP contribution in [0.4, 0.5) is 8.78 Å². The first-order chi connectivity index (χ1) is 5.65. The lowest BCUT2D eigenvalue weighted by Gasteiger charge is -2.06. The Bertz CT molecular complexity index is 271. The predicted molar refractivity (Wildman–Crippen MR) is 47.9 cm³/mol. The molecule has 12 heavy (non-hydrogen) atoms. The first-order valence-corrected chi connectivity index (χ1v) is 4.80. The zero-order chi connectivity index (χ0) is 9.14. The number of rotatable bonds is 2. The molecule has 0 saturated carbocycles. The second kappa shape index (κ2) is 3.90. The van der Waals surface area contributed by atoms with E-state index in [1.165, 1.54) is 17.8 Å². The quantitative estimate of drug-likeness (QED) is 0.638. The van der Waals surface area contributed by atoms with Gasteiger partial charge >= 0.3 is 0 Å². The average Bonchev–Trinajstić information content (AvgIpc) is 2.04. The number of alkyl halides is 2. The SMILES string of the molecule is CSc1ccc(C)cc1C(F)F. The number of thioether (sulfide) groups is 1. The van der Waals surface area contributed by atoms with Crippen LogP contribution in [-0.4, -0.2) is 6.26 Å². The van der Waals surface area contributed by atoms with Gasteiger partial charge in [-0.2, -0.15) is 0 Å². The molecule has 0 saturated heterocycles. The second-order valence-corrected chi connectivity index (χ2v) is 3.39. The molecule has 0 atom stereocenters. The lowest BCUT2D eigenvalue weighted by molar-refractivity contribution is 0.148. The maximum atomic E-state index is 12.4. The minimum Gasteiger partial charge on any atom is -0.205 e. The van der Waals surface area contributed by atoms with Crippen molar-refractivity contribution in [1.29, 1.82) is 0 Å². The monoisotopic (exact) mass is 188 g/mol. The lowest BCUT2D eigenvalue weighted by atomic mass is 10.1. The van der Waals surface area contributed by atoms with Crippen LogP contribution in [-0.2, 0) is 0 Å². The van der Waals surface area contributed by atoms with Gasteiger partial charge in [0.1, 0.15) is 0 Å². The summed E-state index contributed by atoms with van der Waals surface area (Å²) in [5, 5.41) is 0. The van der Waals surface area contributed by atoms with Crippen molar-refractivity contribution in [2.24, 2.45) is 0 Å². The normalized spacial score (nSPS) is 10.8. The molecule has 0 unspecified atom stereocenters. The van der Waals surface area contributed by atoms with Gasteiger partial charge < -0.3 is 0 Å². The van der Waals surface area contributed by atoms with Gasteiger partial charge in [-0.3, -0.25) is 0 Å². The van der Waals surface area contributed by atoms with E-state index in [1.54, 1.807) is 12.3 Å². The Morgan fingerprint density at radius 1 is 1.33 bits per heavy atom. The first kappa shape index (κ1) is 9.52. The fourth-order valence-electron chi connectivity index (χ4n) is 1.02. The van der Waals surface area contributed by atoms with E-state index in [-0.39, 0.29) is 5.56 Å². The lowest BCUT2D eigenvalue weighted by Crippen LogP contribution is -1.88. The largest absolute Gasteiger partial charge is 0.264 e. The van der Waals surface area contributed by atoms with Crippen LogP contribution in [0.15, 0.2) is 23.1 Å². The smallest absolute Gasteiger partial charge is 0.205 e. The summed E-state index contributed by atoms with van der Waals surface area (Å²) in [5.74, 6) is 0. The van der Waals surface area contributed by atoms with Crippen molar-refractivity contribution in [3.05, 3.63) is 29.3 Å². The molecule has 0 amide bonds. The predicted octanol–water partition coefficient (Wildman–Crippen LogP) is 3.65. The van der Waals surface area contributed by atoms with E-state index in [2.05, 4.69) is 0 Å². The highest BCUT2D eigenvalue weighted by Gasteiger charge is 2.11. The highest BCUT2D eigenvalue weighted by molar-refractivity contribution is 7.98. The summed E-state index contributed by atoms with van der Waals surface area (Å²) >= 11 is 1.35. The topological polar surface area (TPSA) is 0 Å². The molecule has 0 N–H and O–H groups in total. The van der Waals surface area contributed by atoms with E-state index in [9.17, 15) is 8.78 Å². The van der Waals surface area contributed by atoms with Gasteiger partial charge in [0.05, 0.1) is 0 Å². The number of hydrogen-bond acceptors (Lipinski definition) is 1. The van der Waals surface area contributed by atoms with E-state index < -0.39 is 6.43 Å². The highest BCUT2D eigenvalue weighted by Crippen LogP contribution is 2.29. The van der Waals surface area contributed by atoms with E-state index in [0.717, 1.165) is 5.56 Å². The van der Waals surface area contributed by atoms with E-state index in [0.29, 0.717) is 4.90 Å². The molecule has 0 radical (unpaired) electrons. The Labute approximate surface area is 75.0 Å². The van der Waals surface area contributed by atoms with E-state index >= 15 is 0 Å². The Morgan fingerprint density at radius 2 is 2.00 bits per heavy atom. The number of halogens is 2. The summed E-state index contributed by atoms with van der Waals surface area (Å²) in [4.78, 5) is 0.663. The molecule has 0 aliphatic rings. The van der Waals surface area contributed by atoms with Crippen LogP contribution < -0.4 is 0 Å². The van der Waals surface area contributed by atoms with Gasteiger partial charge in [-0.1, -0.05) is 11.6 Å². The maximum absolute atomic E-state index is 12.4. The third-order valence-corrected chi connectivity index (χ3v) is 2.43. The summed E-state index contributed by atoms with van der Waals surface area (Å²) in [7, 11) is 0. The molecule has 3 heteroatoms. The van der Waals surface area contributed by atoms with Crippen LogP contribution in [0, 0.1) is 6.92 Å².